The van der Waals surface area contributed by atoms with E-state index in [4.69, 9.17) is 23.8 Å². The van der Waals surface area contributed by atoms with Gasteiger partial charge in [-0.3, -0.25) is 9.69 Å². The first-order valence-corrected chi connectivity index (χ1v) is 8.06. The van der Waals surface area contributed by atoms with Crippen LogP contribution >= 0.6 is 23.8 Å². The zero-order chi connectivity index (χ0) is 16.1. The summed E-state index contributed by atoms with van der Waals surface area (Å²) in [5, 5.41) is -0.760. The van der Waals surface area contributed by atoms with Gasteiger partial charge in [0.2, 0.25) is 0 Å². The monoisotopic (exact) mass is 331 g/mol. The summed E-state index contributed by atoms with van der Waals surface area (Å²) in [6.07, 6.45) is 0.822. The smallest absolute Gasteiger partial charge is 0.254 e. The molecule has 0 spiro atoms. The number of alkyl halides is 1. The fourth-order valence-corrected chi connectivity index (χ4v) is 2.91. The van der Waals surface area contributed by atoms with Crippen LogP contribution in [0, 0.1) is 6.92 Å². The first kappa shape index (κ1) is 16.7. The minimum Gasteiger partial charge on any atom is -0.276 e. The molecule has 0 aliphatic carbocycles. The Morgan fingerprint density at radius 1 is 1.23 bits per heavy atom. The second kappa shape index (κ2) is 7.52. The molecule has 2 rings (SSSR count). The fraction of sp³-hybridized carbons (Fsp3) is 0.222. The van der Waals surface area contributed by atoms with Gasteiger partial charge in [0.1, 0.15) is 5.38 Å². The molecule has 0 radical (unpaired) electrons. The number of amides is 1. The molecule has 0 heterocycles. The number of para-hydroxylation sites is 1. The van der Waals surface area contributed by atoms with Crippen LogP contribution in [-0.4, -0.2) is 11.4 Å². The van der Waals surface area contributed by atoms with Gasteiger partial charge in [-0.25, -0.2) is 0 Å². The molecule has 1 atom stereocenters. The lowest BCUT2D eigenvalue weighted by Gasteiger charge is -2.24. The molecular formula is C18H18ClNOS. The number of benzene rings is 2. The van der Waals surface area contributed by atoms with Crippen molar-refractivity contribution in [2.24, 2.45) is 0 Å². The van der Waals surface area contributed by atoms with Gasteiger partial charge in [0.15, 0.2) is 0 Å². The number of carbonyl (C=O) groups excluding carboxylic acids is 1. The standard InChI is InChI=1S/C18H18ClNOS/c1-3-14-11-7-8-13(2)17(14)20(12-22)18(21)16(19)15-9-5-4-6-10-15/h4-12,16H,3H2,1-2H3. The molecule has 0 aromatic heterocycles. The van der Waals surface area contributed by atoms with E-state index in [0.717, 1.165) is 28.8 Å². The number of hydrogen-bond acceptors (Lipinski definition) is 2. The molecular weight excluding hydrogens is 314 g/mol. The molecule has 0 saturated carbocycles. The van der Waals surface area contributed by atoms with E-state index >= 15 is 0 Å². The molecule has 0 bridgehead atoms. The number of nitrogens with zero attached hydrogens (tertiary/aromatic N) is 1. The van der Waals surface area contributed by atoms with Crippen molar-refractivity contribution in [1.82, 2.24) is 0 Å². The maximum atomic E-state index is 12.8. The van der Waals surface area contributed by atoms with Gasteiger partial charge < -0.3 is 0 Å². The molecule has 0 aliphatic heterocycles. The molecule has 0 N–H and O–H groups in total. The third-order valence-electron chi connectivity index (χ3n) is 3.60. The summed E-state index contributed by atoms with van der Waals surface area (Å²) in [6, 6.07) is 15.3. The number of aryl methyl sites for hydroxylation is 2. The molecule has 0 fully saturated rings. The van der Waals surface area contributed by atoms with Crippen molar-refractivity contribution in [2.75, 3.05) is 4.90 Å². The summed E-state index contributed by atoms with van der Waals surface area (Å²) in [5.41, 5.74) is 5.06. The first-order chi connectivity index (χ1) is 10.6. The van der Waals surface area contributed by atoms with Crippen molar-refractivity contribution in [3.8, 4) is 0 Å². The normalized spacial score (nSPS) is 11.8. The van der Waals surface area contributed by atoms with Crippen LogP contribution in [-0.2, 0) is 11.2 Å². The molecule has 22 heavy (non-hydrogen) atoms. The van der Waals surface area contributed by atoms with Crippen LogP contribution in [0.5, 0.6) is 0 Å². The summed E-state index contributed by atoms with van der Waals surface area (Å²) in [7, 11) is 0. The van der Waals surface area contributed by atoms with Crippen molar-refractivity contribution in [1.29, 1.82) is 0 Å². The van der Waals surface area contributed by atoms with Crippen molar-refractivity contribution in [3.05, 3.63) is 65.2 Å². The highest BCUT2D eigenvalue weighted by atomic mass is 35.5. The van der Waals surface area contributed by atoms with E-state index in [-0.39, 0.29) is 5.91 Å². The van der Waals surface area contributed by atoms with E-state index < -0.39 is 5.38 Å². The molecule has 2 nitrogen and oxygen atoms in total. The third-order valence-corrected chi connectivity index (χ3v) is 4.24. The Labute approximate surface area is 141 Å². The zero-order valence-corrected chi connectivity index (χ0v) is 14.2. The largest absolute Gasteiger partial charge is 0.276 e. The zero-order valence-electron chi connectivity index (χ0n) is 12.6. The Morgan fingerprint density at radius 2 is 1.91 bits per heavy atom. The van der Waals surface area contributed by atoms with Crippen molar-refractivity contribution < 1.29 is 4.79 Å². The van der Waals surface area contributed by atoms with Gasteiger partial charge in [-0.05, 0) is 30.0 Å². The van der Waals surface area contributed by atoms with Crippen LogP contribution in [0.3, 0.4) is 0 Å². The first-order valence-electron chi connectivity index (χ1n) is 7.16. The summed E-state index contributed by atoms with van der Waals surface area (Å²) < 4.78 is 0. The number of hydrogen-bond donors (Lipinski definition) is 0. The summed E-state index contributed by atoms with van der Waals surface area (Å²) >= 11 is 11.5. The molecule has 4 heteroatoms. The van der Waals surface area contributed by atoms with Crippen molar-refractivity contribution in [3.63, 3.8) is 0 Å². The quantitative estimate of drug-likeness (QED) is 0.578. The predicted octanol–water partition coefficient (Wildman–Crippen LogP) is 4.83. The van der Waals surface area contributed by atoms with Gasteiger partial charge in [0.25, 0.3) is 5.91 Å². The van der Waals surface area contributed by atoms with Gasteiger partial charge >= 0.3 is 0 Å². The number of rotatable bonds is 5. The lowest BCUT2D eigenvalue weighted by atomic mass is 10.0. The summed E-state index contributed by atoms with van der Waals surface area (Å²) in [6.45, 7) is 4.03. The molecule has 0 saturated heterocycles. The Bertz CT molecular complexity index is 672. The minimum atomic E-state index is -0.760. The van der Waals surface area contributed by atoms with Crippen LogP contribution < -0.4 is 4.90 Å². The Balaban J connectivity index is 2.41. The summed E-state index contributed by atoms with van der Waals surface area (Å²) in [5.74, 6) is -0.230. The minimum absolute atomic E-state index is 0.230. The van der Waals surface area contributed by atoms with Gasteiger partial charge in [-0.2, -0.15) is 0 Å². The molecule has 2 aromatic carbocycles. The predicted molar refractivity (Wildman–Crippen MR) is 96.7 cm³/mol. The Kier molecular flexibility index (Phi) is 5.69. The van der Waals surface area contributed by atoms with E-state index in [1.807, 2.05) is 55.5 Å². The number of carbonyl (C=O) groups is 1. The topological polar surface area (TPSA) is 20.3 Å². The summed E-state index contributed by atoms with van der Waals surface area (Å²) in [4.78, 5) is 14.3. The molecule has 1 unspecified atom stereocenters. The molecule has 114 valence electrons. The van der Waals surface area contributed by atoms with Crippen LogP contribution in [0.2, 0.25) is 0 Å². The second-order valence-corrected chi connectivity index (χ2v) is 5.67. The van der Waals surface area contributed by atoms with E-state index in [9.17, 15) is 4.79 Å². The third kappa shape index (κ3) is 3.37. The van der Waals surface area contributed by atoms with E-state index in [0.29, 0.717) is 0 Å². The molecule has 1 amide bonds. The van der Waals surface area contributed by atoms with Gasteiger partial charge in [0, 0.05) is 0 Å². The highest BCUT2D eigenvalue weighted by Gasteiger charge is 2.26. The average molecular weight is 332 g/mol. The Morgan fingerprint density at radius 3 is 2.50 bits per heavy atom. The van der Waals surface area contributed by atoms with Crippen LogP contribution in [0.15, 0.2) is 48.5 Å². The van der Waals surface area contributed by atoms with Crippen molar-refractivity contribution >= 4 is 40.9 Å². The number of halogens is 1. The van der Waals surface area contributed by atoms with Crippen molar-refractivity contribution in [2.45, 2.75) is 25.6 Å². The number of anilines is 1. The Hall–Kier alpha value is -1.71. The van der Waals surface area contributed by atoms with Gasteiger partial charge in [0.05, 0.1) is 11.2 Å². The van der Waals surface area contributed by atoms with E-state index in [2.05, 4.69) is 6.92 Å². The van der Waals surface area contributed by atoms with Gasteiger partial charge in [-0.15, -0.1) is 11.6 Å². The highest BCUT2D eigenvalue weighted by molar-refractivity contribution is 7.79. The maximum Gasteiger partial charge on any atom is 0.254 e. The highest BCUT2D eigenvalue weighted by Crippen LogP contribution is 2.30. The maximum absolute atomic E-state index is 12.8. The SMILES string of the molecule is CCc1cccc(C)c1N(C=S)C(=O)C(Cl)c1ccccc1. The lowest BCUT2D eigenvalue weighted by Crippen LogP contribution is -2.33. The van der Waals surface area contributed by atoms with E-state index in [1.165, 1.54) is 10.4 Å². The molecule has 2 aromatic rings. The fourth-order valence-electron chi connectivity index (χ4n) is 2.45. The molecule has 0 aliphatic rings. The van der Waals surface area contributed by atoms with E-state index in [1.54, 1.807) is 0 Å². The lowest BCUT2D eigenvalue weighted by molar-refractivity contribution is -0.117. The van der Waals surface area contributed by atoms with Crippen LogP contribution in [0.4, 0.5) is 5.69 Å². The van der Waals surface area contributed by atoms with Gasteiger partial charge in [-0.1, -0.05) is 67.7 Å². The second-order valence-electron chi connectivity index (χ2n) is 5.02. The number of thiocarbonyl (C=S) groups is 1. The average Bonchev–Trinajstić information content (AvgIpc) is 2.56. The van der Waals surface area contributed by atoms with Crippen LogP contribution in [0.25, 0.3) is 0 Å². The van der Waals surface area contributed by atoms with Crippen LogP contribution in [0.1, 0.15) is 29.0 Å².